The lowest BCUT2D eigenvalue weighted by atomic mass is 10.1. The van der Waals surface area contributed by atoms with Gasteiger partial charge in [0.2, 0.25) is 0 Å². The molecule has 1 aromatic carbocycles. The second-order valence-electron chi connectivity index (χ2n) is 4.03. The molecule has 0 aliphatic heterocycles. The van der Waals surface area contributed by atoms with Crippen LogP contribution in [0.2, 0.25) is 0 Å². The summed E-state index contributed by atoms with van der Waals surface area (Å²) in [6.45, 7) is 8.57. The van der Waals surface area contributed by atoms with Gasteiger partial charge >= 0.3 is 0 Å². The highest BCUT2D eigenvalue weighted by Gasteiger charge is 2.05. The number of nitrogens with zero attached hydrogens (tertiary/aromatic N) is 1. The van der Waals surface area contributed by atoms with Crippen molar-refractivity contribution in [3.8, 4) is 0 Å². The average molecular weight is 236 g/mol. The van der Waals surface area contributed by atoms with Crippen molar-refractivity contribution >= 4 is 5.69 Å². The summed E-state index contributed by atoms with van der Waals surface area (Å²) in [5, 5.41) is 3.37. The molecule has 0 aliphatic carbocycles. The number of ether oxygens (including phenoxy) is 1. The molecule has 3 nitrogen and oxygen atoms in total. The van der Waals surface area contributed by atoms with Crippen LogP contribution < -0.4 is 10.2 Å². The largest absolute Gasteiger partial charge is 0.380 e. The lowest BCUT2D eigenvalue weighted by Gasteiger charge is -2.22. The van der Waals surface area contributed by atoms with Gasteiger partial charge in [-0.25, -0.2) is 0 Å². The van der Waals surface area contributed by atoms with Crippen LogP contribution in [0.5, 0.6) is 0 Å². The van der Waals surface area contributed by atoms with E-state index in [2.05, 4.69) is 48.5 Å². The molecule has 0 radical (unpaired) electrons. The van der Waals surface area contributed by atoms with Gasteiger partial charge in [0.15, 0.2) is 0 Å². The molecule has 0 heterocycles. The monoisotopic (exact) mass is 236 g/mol. The summed E-state index contributed by atoms with van der Waals surface area (Å²) in [5.74, 6) is 0. The Labute approximate surface area is 105 Å². The predicted molar refractivity (Wildman–Crippen MR) is 73.6 cm³/mol. The third kappa shape index (κ3) is 4.75. The normalized spacial score (nSPS) is 10.5. The fourth-order valence-electron chi connectivity index (χ4n) is 1.76. The molecular weight excluding hydrogens is 212 g/mol. The number of nitrogens with one attached hydrogen (secondary N) is 1. The maximum Gasteiger partial charge on any atom is 0.0641 e. The van der Waals surface area contributed by atoms with Crippen LogP contribution in [0, 0.1) is 0 Å². The first kappa shape index (κ1) is 14.0. The van der Waals surface area contributed by atoms with Gasteiger partial charge in [0, 0.05) is 32.4 Å². The molecule has 1 N–H and O–H groups in total. The summed E-state index contributed by atoms with van der Waals surface area (Å²) >= 11 is 0. The zero-order chi connectivity index (χ0) is 12.5. The number of hydrogen-bond donors (Lipinski definition) is 1. The number of benzene rings is 1. The molecule has 0 fully saturated rings. The molecule has 0 atom stereocenters. The quantitative estimate of drug-likeness (QED) is 0.701. The fraction of sp³-hybridized carbons (Fsp3) is 0.571. The maximum absolute atomic E-state index is 5.39. The topological polar surface area (TPSA) is 24.5 Å². The van der Waals surface area contributed by atoms with E-state index in [1.807, 2.05) is 6.92 Å². The van der Waals surface area contributed by atoms with E-state index in [9.17, 15) is 0 Å². The number of anilines is 1. The first-order valence-electron chi connectivity index (χ1n) is 6.37. The molecule has 0 saturated carbocycles. The Balaban J connectivity index is 2.60. The van der Waals surface area contributed by atoms with Crippen molar-refractivity contribution in [2.45, 2.75) is 20.4 Å². The second-order valence-corrected chi connectivity index (χ2v) is 4.03. The van der Waals surface area contributed by atoms with Crippen molar-refractivity contribution in [2.75, 3.05) is 38.3 Å². The molecule has 0 unspecified atom stereocenters. The van der Waals surface area contributed by atoms with Crippen LogP contribution in [-0.4, -0.2) is 33.4 Å². The fourth-order valence-corrected chi connectivity index (χ4v) is 1.76. The summed E-state index contributed by atoms with van der Waals surface area (Å²) in [4.78, 5) is 2.25. The summed E-state index contributed by atoms with van der Waals surface area (Å²) < 4.78 is 5.39. The van der Waals surface area contributed by atoms with Crippen molar-refractivity contribution in [1.82, 2.24) is 5.32 Å². The smallest absolute Gasteiger partial charge is 0.0641 e. The Morgan fingerprint density at radius 3 is 2.71 bits per heavy atom. The first-order chi connectivity index (χ1) is 8.29. The highest BCUT2D eigenvalue weighted by atomic mass is 16.5. The van der Waals surface area contributed by atoms with Crippen molar-refractivity contribution in [3.63, 3.8) is 0 Å². The summed E-state index contributed by atoms with van der Waals surface area (Å²) in [6, 6.07) is 8.52. The molecule has 0 aliphatic rings. The Morgan fingerprint density at radius 2 is 2.00 bits per heavy atom. The van der Waals surface area contributed by atoms with Gasteiger partial charge in [-0.05, 0) is 25.1 Å². The van der Waals surface area contributed by atoms with Crippen LogP contribution in [0.3, 0.4) is 0 Å². The Kier molecular flexibility index (Phi) is 6.67. The minimum atomic E-state index is 0.780. The highest BCUT2D eigenvalue weighted by molar-refractivity contribution is 5.52. The Morgan fingerprint density at radius 1 is 1.24 bits per heavy atom. The molecule has 96 valence electrons. The van der Waals surface area contributed by atoms with E-state index < -0.39 is 0 Å². The summed E-state index contributed by atoms with van der Waals surface area (Å²) in [6.07, 6.45) is 0. The van der Waals surface area contributed by atoms with Gasteiger partial charge in [-0.1, -0.05) is 25.1 Å². The van der Waals surface area contributed by atoms with Crippen LogP contribution in [0.25, 0.3) is 0 Å². The molecule has 3 heteroatoms. The second kappa shape index (κ2) is 8.09. The maximum atomic E-state index is 5.39. The van der Waals surface area contributed by atoms with Crippen molar-refractivity contribution in [1.29, 1.82) is 0 Å². The third-order valence-electron chi connectivity index (χ3n) is 2.74. The van der Waals surface area contributed by atoms with Gasteiger partial charge in [-0.15, -0.1) is 0 Å². The number of likely N-dealkylation sites (N-methyl/N-ethyl adjacent to an activating group) is 1. The minimum Gasteiger partial charge on any atom is -0.380 e. The van der Waals surface area contributed by atoms with Gasteiger partial charge in [0.25, 0.3) is 0 Å². The van der Waals surface area contributed by atoms with E-state index >= 15 is 0 Å². The predicted octanol–water partition coefficient (Wildman–Crippen LogP) is 2.27. The third-order valence-corrected chi connectivity index (χ3v) is 2.74. The molecular formula is C14H24N2O. The standard InChI is InChI=1S/C14H24N2O/c1-4-15-12-13-8-6-7-9-14(13)16(3)10-11-17-5-2/h6-9,15H,4-5,10-12H2,1-3H3. The minimum absolute atomic E-state index is 0.780. The van der Waals surface area contributed by atoms with E-state index in [1.54, 1.807) is 0 Å². The van der Waals surface area contributed by atoms with Gasteiger partial charge in [0.1, 0.15) is 0 Å². The van der Waals surface area contributed by atoms with E-state index in [4.69, 9.17) is 4.74 Å². The molecule has 17 heavy (non-hydrogen) atoms. The molecule has 0 aromatic heterocycles. The van der Waals surface area contributed by atoms with E-state index in [1.165, 1.54) is 11.3 Å². The lowest BCUT2D eigenvalue weighted by molar-refractivity contribution is 0.154. The summed E-state index contributed by atoms with van der Waals surface area (Å²) in [7, 11) is 2.11. The number of para-hydroxylation sites is 1. The van der Waals surface area contributed by atoms with Crippen LogP contribution >= 0.6 is 0 Å². The van der Waals surface area contributed by atoms with Crippen LogP contribution in [0.4, 0.5) is 5.69 Å². The van der Waals surface area contributed by atoms with Gasteiger partial charge in [0.05, 0.1) is 6.61 Å². The molecule has 1 rings (SSSR count). The Bertz CT molecular complexity index is 315. The molecule has 0 bridgehead atoms. The van der Waals surface area contributed by atoms with Crippen LogP contribution in [-0.2, 0) is 11.3 Å². The number of rotatable bonds is 8. The summed E-state index contributed by atoms with van der Waals surface area (Å²) in [5.41, 5.74) is 2.63. The van der Waals surface area contributed by atoms with Gasteiger partial charge < -0.3 is 15.0 Å². The van der Waals surface area contributed by atoms with E-state index in [0.29, 0.717) is 0 Å². The van der Waals surface area contributed by atoms with Crippen molar-refractivity contribution < 1.29 is 4.74 Å². The van der Waals surface area contributed by atoms with Crippen molar-refractivity contribution in [2.24, 2.45) is 0 Å². The van der Waals surface area contributed by atoms with E-state index in [-0.39, 0.29) is 0 Å². The molecule has 1 aromatic rings. The van der Waals surface area contributed by atoms with Crippen LogP contribution in [0.1, 0.15) is 19.4 Å². The average Bonchev–Trinajstić information content (AvgIpc) is 2.37. The van der Waals surface area contributed by atoms with Crippen molar-refractivity contribution in [3.05, 3.63) is 29.8 Å². The lowest BCUT2D eigenvalue weighted by Crippen LogP contribution is -2.24. The molecule has 0 saturated heterocycles. The van der Waals surface area contributed by atoms with Gasteiger partial charge in [-0.2, -0.15) is 0 Å². The number of hydrogen-bond acceptors (Lipinski definition) is 3. The van der Waals surface area contributed by atoms with Crippen LogP contribution in [0.15, 0.2) is 24.3 Å². The Hall–Kier alpha value is -1.06. The van der Waals surface area contributed by atoms with E-state index in [0.717, 1.165) is 32.8 Å². The zero-order valence-corrected chi connectivity index (χ0v) is 11.2. The zero-order valence-electron chi connectivity index (χ0n) is 11.2. The SMILES string of the molecule is CCNCc1ccccc1N(C)CCOCC. The molecule has 0 spiro atoms. The highest BCUT2D eigenvalue weighted by Crippen LogP contribution is 2.18. The first-order valence-corrected chi connectivity index (χ1v) is 6.37. The van der Waals surface area contributed by atoms with Gasteiger partial charge in [-0.3, -0.25) is 0 Å². The molecule has 0 amide bonds.